The van der Waals surface area contributed by atoms with Crippen LogP contribution in [-0.2, 0) is 6.54 Å². The summed E-state index contributed by atoms with van der Waals surface area (Å²) in [5.41, 5.74) is 0.320. The van der Waals surface area contributed by atoms with Crippen molar-refractivity contribution in [2.45, 2.75) is 25.4 Å². The standard InChI is InChI=1S/C13H13F2N3/c14-9-2-1-3-10(15)13(9)11-6-17-12(18-11)7-16-8-4-5-8/h1-3,6,8,16H,4-5,7H2,(H,17,18). The number of benzene rings is 1. The van der Waals surface area contributed by atoms with Gasteiger partial charge in [-0.25, -0.2) is 13.8 Å². The molecule has 0 aliphatic heterocycles. The minimum absolute atomic E-state index is 0.0531. The van der Waals surface area contributed by atoms with Crippen molar-refractivity contribution < 1.29 is 8.78 Å². The van der Waals surface area contributed by atoms with E-state index in [0.29, 0.717) is 24.1 Å². The molecule has 5 heteroatoms. The Morgan fingerprint density at radius 3 is 2.67 bits per heavy atom. The van der Waals surface area contributed by atoms with Crippen LogP contribution >= 0.6 is 0 Å². The number of nitrogens with one attached hydrogen (secondary N) is 2. The fourth-order valence-electron chi connectivity index (χ4n) is 1.86. The number of halogens is 2. The zero-order valence-corrected chi connectivity index (χ0v) is 9.71. The van der Waals surface area contributed by atoms with Gasteiger partial charge in [-0.2, -0.15) is 0 Å². The number of hydrogen-bond donors (Lipinski definition) is 2. The molecule has 1 aromatic heterocycles. The minimum Gasteiger partial charge on any atom is -0.341 e. The van der Waals surface area contributed by atoms with Crippen LogP contribution in [0.2, 0.25) is 0 Å². The van der Waals surface area contributed by atoms with Crippen LogP contribution < -0.4 is 5.32 Å². The van der Waals surface area contributed by atoms with Crippen LogP contribution in [-0.4, -0.2) is 16.0 Å². The first-order chi connectivity index (χ1) is 8.74. The Labute approximate surface area is 103 Å². The molecular formula is C13H13F2N3. The van der Waals surface area contributed by atoms with E-state index >= 15 is 0 Å². The summed E-state index contributed by atoms with van der Waals surface area (Å²) < 4.78 is 27.1. The first-order valence-corrected chi connectivity index (χ1v) is 5.95. The zero-order valence-electron chi connectivity index (χ0n) is 9.71. The maximum Gasteiger partial charge on any atom is 0.135 e. The first-order valence-electron chi connectivity index (χ1n) is 5.95. The molecule has 0 spiro atoms. The third-order valence-corrected chi connectivity index (χ3v) is 3.00. The van der Waals surface area contributed by atoms with Gasteiger partial charge in [0.05, 0.1) is 24.0 Å². The van der Waals surface area contributed by atoms with Crippen molar-refractivity contribution in [3.8, 4) is 11.3 Å². The van der Waals surface area contributed by atoms with Gasteiger partial charge in [0, 0.05) is 6.04 Å². The highest BCUT2D eigenvalue weighted by atomic mass is 19.1. The predicted molar refractivity (Wildman–Crippen MR) is 63.8 cm³/mol. The first kappa shape index (κ1) is 11.3. The van der Waals surface area contributed by atoms with Crippen LogP contribution in [0.25, 0.3) is 11.3 Å². The molecule has 18 heavy (non-hydrogen) atoms. The number of imidazole rings is 1. The van der Waals surface area contributed by atoms with Crippen molar-refractivity contribution in [1.29, 1.82) is 0 Å². The largest absolute Gasteiger partial charge is 0.341 e. The van der Waals surface area contributed by atoms with E-state index in [2.05, 4.69) is 15.3 Å². The van der Waals surface area contributed by atoms with E-state index in [4.69, 9.17) is 0 Å². The summed E-state index contributed by atoms with van der Waals surface area (Å²) in [6.45, 7) is 0.598. The predicted octanol–water partition coefficient (Wildman–Crippen LogP) is 2.61. The van der Waals surface area contributed by atoms with Crippen LogP contribution in [0.1, 0.15) is 18.7 Å². The Kier molecular flexibility index (Phi) is 2.83. The lowest BCUT2D eigenvalue weighted by Gasteiger charge is -2.02. The molecule has 0 atom stereocenters. The van der Waals surface area contributed by atoms with Crippen LogP contribution in [0, 0.1) is 11.6 Å². The molecular weight excluding hydrogens is 236 g/mol. The average Bonchev–Trinajstić information content (AvgIpc) is 3.06. The van der Waals surface area contributed by atoms with Crippen LogP contribution in [0.5, 0.6) is 0 Å². The Balaban J connectivity index is 1.83. The molecule has 94 valence electrons. The van der Waals surface area contributed by atoms with Crippen molar-refractivity contribution in [2.75, 3.05) is 0 Å². The lowest BCUT2D eigenvalue weighted by atomic mass is 10.1. The van der Waals surface area contributed by atoms with Gasteiger partial charge in [0.25, 0.3) is 0 Å². The monoisotopic (exact) mass is 249 g/mol. The number of rotatable bonds is 4. The van der Waals surface area contributed by atoms with Gasteiger partial charge in [-0.1, -0.05) is 6.07 Å². The number of aromatic amines is 1. The van der Waals surface area contributed by atoms with Crippen molar-refractivity contribution >= 4 is 0 Å². The molecule has 0 bridgehead atoms. The molecule has 0 saturated heterocycles. The summed E-state index contributed by atoms with van der Waals surface area (Å²) in [5.74, 6) is -0.472. The molecule has 1 aromatic carbocycles. The van der Waals surface area contributed by atoms with Gasteiger partial charge in [-0.3, -0.25) is 0 Å². The van der Waals surface area contributed by atoms with Crippen LogP contribution in [0.4, 0.5) is 8.78 Å². The summed E-state index contributed by atoms with van der Waals surface area (Å²) in [6.07, 6.45) is 3.84. The fourth-order valence-corrected chi connectivity index (χ4v) is 1.86. The SMILES string of the molecule is Fc1cccc(F)c1-c1cnc(CNC2CC2)[nH]1. The summed E-state index contributed by atoms with van der Waals surface area (Å²) in [4.78, 5) is 7.06. The van der Waals surface area contributed by atoms with E-state index in [1.165, 1.54) is 37.2 Å². The van der Waals surface area contributed by atoms with E-state index in [9.17, 15) is 8.78 Å². The smallest absolute Gasteiger partial charge is 0.135 e. The van der Waals surface area contributed by atoms with Crippen molar-refractivity contribution in [2.24, 2.45) is 0 Å². The van der Waals surface area contributed by atoms with E-state index in [-0.39, 0.29) is 5.56 Å². The minimum atomic E-state index is -0.583. The molecule has 1 aliphatic carbocycles. The van der Waals surface area contributed by atoms with Crippen molar-refractivity contribution in [1.82, 2.24) is 15.3 Å². The Hall–Kier alpha value is -1.75. The summed E-state index contributed by atoms with van der Waals surface area (Å²) in [6, 6.07) is 4.40. The van der Waals surface area contributed by atoms with Crippen molar-refractivity contribution in [3.05, 3.63) is 41.9 Å². The second kappa shape index (κ2) is 4.49. The Morgan fingerprint density at radius 2 is 2.00 bits per heavy atom. The second-order valence-electron chi connectivity index (χ2n) is 4.50. The highest BCUT2D eigenvalue weighted by Gasteiger charge is 2.20. The highest BCUT2D eigenvalue weighted by molar-refractivity contribution is 5.60. The molecule has 0 unspecified atom stereocenters. The Bertz CT molecular complexity index is 541. The van der Waals surface area contributed by atoms with Gasteiger partial charge in [0.2, 0.25) is 0 Å². The zero-order chi connectivity index (χ0) is 12.5. The van der Waals surface area contributed by atoms with Gasteiger partial charge in [-0.05, 0) is 25.0 Å². The molecule has 0 radical (unpaired) electrons. The average molecular weight is 249 g/mol. The van der Waals surface area contributed by atoms with E-state index in [1.54, 1.807) is 0 Å². The summed E-state index contributed by atoms with van der Waals surface area (Å²) in [5, 5.41) is 3.29. The maximum absolute atomic E-state index is 13.6. The van der Waals surface area contributed by atoms with Gasteiger partial charge < -0.3 is 10.3 Å². The number of aromatic nitrogens is 2. The summed E-state index contributed by atoms with van der Waals surface area (Å²) in [7, 11) is 0. The lowest BCUT2D eigenvalue weighted by Crippen LogP contribution is -2.16. The van der Waals surface area contributed by atoms with Crippen LogP contribution in [0.15, 0.2) is 24.4 Å². The molecule has 0 amide bonds. The normalized spacial score (nSPS) is 15.0. The van der Waals surface area contributed by atoms with Gasteiger partial charge in [-0.15, -0.1) is 0 Å². The third-order valence-electron chi connectivity index (χ3n) is 3.00. The molecule has 1 heterocycles. The molecule has 3 nitrogen and oxygen atoms in total. The van der Waals surface area contributed by atoms with Gasteiger partial charge in [0.15, 0.2) is 0 Å². The number of H-pyrrole nitrogens is 1. The van der Waals surface area contributed by atoms with E-state index < -0.39 is 11.6 Å². The fraction of sp³-hybridized carbons (Fsp3) is 0.308. The quantitative estimate of drug-likeness (QED) is 0.874. The van der Waals surface area contributed by atoms with E-state index in [1.807, 2.05) is 0 Å². The molecule has 2 N–H and O–H groups in total. The Morgan fingerprint density at radius 1 is 1.28 bits per heavy atom. The molecule has 1 aliphatic rings. The third kappa shape index (κ3) is 2.26. The second-order valence-corrected chi connectivity index (χ2v) is 4.50. The highest BCUT2D eigenvalue weighted by Crippen LogP contribution is 2.24. The molecule has 1 fully saturated rings. The summed E-state index contributed by atoms with van der Waals surface area (Å²) >= 11 is 0. The number of hydrogen-bond acceptors (Lipinski definition) is 2. The van der Waals surface area contributed by atoms with E-state index in [0.717, 1.165) is 0 Å². The topological polar surface area (TPSA) is 40.7 Å². The molecule has 3 rings (SSSR count). The van der Waals surface area contributed by atoms with Crippen LogP contribution in [0.3, 0.4) is 0 Å². The van der Waals surface area contributed by atoms with Crippen molar-refractivity contribution in [3.63, 3.8) is 0 Å². The van der Waals surface area contributed by atoms with Gasteiger partial charge in [0.1, 0.15) is 17.5 Å². The maximum atomic E-state index is 13.6. The lowest BCUT2D eigenvalue weighted by molar-refractivity contribution is 0.588. The molecule has 1 saturated carbocycles. The van der Waals surface area contributed by atoms with Gasteiger partial charge >= 0.3 is 0 Å². The molecule has 2 aromatic rings. The number of nitrogens with zero attached hydrogens (tertiary/aromatic N) is 1.